The van der Waals surface area contributed by atoms with E-state index >= 15 is 0 Å². The summed E-state index contributed by atoms with van der Waals surface area (Å²) in [4.78, 5) is 1.57. The molecular weight excluding hydrogens is 216 g/mol. The number of hydrogen-bond acceptors (Lipinski definition) is 4. The molecule has 0 atom stereocenters. The van der Waals surface area contributed by atoms with E-state index in [1.54, 1.807) is 16.6 Å². The molecule has 1 aromatic rings. The molecule has 0 aliphatic rings. The highest BCUT2D eigenvalue weighted by Crippen LogP contribution is 1.97. The number of likely N-dealkylation sites (N-methyl/N-ethyl adjacent to an activating group) is 1. The molecule has 0 saturated carbocycles. The van der Waals surface area contributed by atoms with Gasteiger partial charge in [0.15, 0.2) is 0 Å². The first kappa shape index (κ1) is 13.0. The van der Waals surface area contributed by atoms with E-state index in [0.717, 1.165) is 5.69 Å². The van der Waals surface area contributed by atoms with Crippen molar-refractivity contribution in [3.63, 3.8) is 0 Å². The molecule has 1 N–H and O–H groups in total. The first-order valence-corrected chi connectivity index (χ1v) is 5.12. The number of alkyl halides is 2. The molecule has 0 unspecified atom stereocenters. The molecule has 0 bridgehead atoms. The first-order chi connectivity index (χ1) is 7.61. The Balaban J connectivity index is 2.30. The van der Waals surface area contributed by atoms with Gasteiger partial charge in [0.2, 0.25) is 0 Å². The van der Waals surface area contributed by atoms with Gasteiger partial charge in [-0.05, 0) is 14.1 Å². The predicted octanol–water partition coefficient (Wildman–Crippen LogP) is 0.194. The molecular formula is C9H17F2N5. The van der Waals surface area contributed by atoms with Crippen LogP contribution in [0, 0.1) is 0 Å². The third-order valence-electron chi connectivity index (χ3n) is 2.10. The lowest BCUT2D eigenvalue weighted by atomic mass is 10.4. The van der Waals surface area contributed by atoms with Crippen LogP contribution < -0.4 is 5.32 Å². The van der Waals surface area contributed by atoms with Gasteiger partial charge in [0.25, 0.3) is 6.43 Å². The molecule has 0 fully saturated rings. The SMILES string of the molecule is CNCc1cn(CCN(C)CC(F)F)nn1. The molecule has 0 aromatic carbocycles. The third-order valence-corrected chi connectivity index (χ3v) is 2.10. The zero-order valence-electron chi connectivity index (χ0n) is 9.53. The standard InChI is InChI=1S/C9H17F2N5/c1-12-5-8-6-16(14-13-8)4-3-15(2)7-9(10)11/h6,9,12H,3-5,7H2,1-2H3. The molecule has 92 valence electrons. The van der Waals surface area contributed by atoms with Crippen molar-refractivity contribution >= 4 is 0 Å². The summed E-state index contributed by atoms with van der Waals surface area (Å²) in [5.41, 5.74) is 0.846. The Bertz CT molecular complexity index is 302. The van der Waals surface area contributed by atoms with Crippen LogP contribution in [0.25, 0.3) is 0 Å². The number of rotatable bonds is 7. The summed E-state index contributed by atoms with van der Waals surface area (Å²) in [7, 11) is 3.49. The maximum Gasteiger partial charge on any atom is 0.251 e. The Morgan fingerprint density at radius 2 is 2.31 bits per heavy atom. The molecule has 1 heterocycles. The number of halogens is 2. The average Bonchev–Trinajstić information content (AvgIpc) is 2.62. The number of nitrogens with one attached hydrogen (secondary N) is 1. The van der Waals surface area contributed by atoms with Crippen LogP contribution in [0.1, 0.15) is 5.69 Å². The van der Waals surface area contributed by atoms with E-state index in [9.17, 15) is 8.78 Å². The van der Waals surface area contributed by atoms with E-state index < -0.39 is 6.43 Å². The molecule has 0 spiro atoms. The summed E-state index contributed by atoms with van der Waals surface area (Å²) < 4.78 is 25.7. The van der Waals surface area contributed by atoms with Gasteiger partial charge < -0.3 is 5.32 Å². The Labute approximate surface area is 93.4 Å². The Kier molecular flexibility index (Phi) is 5.27. The fourth-order valence-electron chi connectivity index (χ4n) is 1.31. The summed E-state index contributed by atoms with van der Waals surface area (Å²) in [5.74, 6) is 0. The van der Waals surface area contributed by atoms with Crippen LogP contribution in [0.15, 0.2) is 6.20 Å². The van der Waals surface area contributed by atoms with Gasteiger partial charge in [-0.3, -0.25) is 9.58 Å². The molecule has 0 amide bonds. The summed E-state index contributed by atoms with van der Waals surface area (Å²) in [5, 5.41) is 10.8. The molecule has 0 aliphatic carbocycles. The number of hydrogen-bond donors (Lipinski definition) is 1. The molecule has 16 heavy (non-hydrogen) atoms. The Morgan fingerprint density at radius 1 is 1.56 bits per heavy atom. The van der Waals surface area contributed by atoms with Crippen molar-refractivity contribution in [2.45, 2.75) is 19.5 Å². The maximum absolute atomic E-state index is 12.0. The van der Waals surface area contributed by atoms with Gasteiger partial charge in [-0.25, -0.2) is 8.78 Å². The predicted molar refractivity (Wildman–Crippen MR) is 56.3 cm³/mol. The van der Waals surface area contributed by atoms with E-state index in [1.807, 2.05) is 13.2 Å². The largest absolute Gasteiger partial charge is 0.314 e. The van der Waals surface area contributed by atoms with Gasteiger partial charge in [-0.15, -0.1) is 5.10 Å². The van der Waals surface area contributed by atoms with E-state index in [4.69, 9.17) is 0 Å². The van der Waals surface area contributed by atoms with Crippen molar-refractivity contribution in [1.29, 1.82) is 0 Å². The van der Waals surface area contributed by atoms with E-state index in [1.165, 1.54) is 0 Å². The molecule has 0 radical (unpaired) electrons. The van der Waals surface area contributed by atoms with Crippen molar-refractivity contribution < 1.29 is 8.78 Å². The Morgan fingerprint density at radius 3 is 2.94 bits per heavy atom. The smallest absolute Gasteiger partial charge is 0.251 e. The minimum Gasteiger partial charge on any atom is -0.314 e. The fourth-order valence-corrected chi connectivity index (χ4v) is 1.31. The van der Waals surface area contributed by atoms with Crippen LogP contribution in [-0.2, 0) is 13.1 Å². The third kappa shape index (κ3) is 4.63. The normalized spacial score (nSPS) is 11.6. The van der Waals surface area contributed by atoms with Crippen LogP contribution in [0.4, 0.5) is 8.78 Å². The van der Waals surface area contributed by atoms with E-state index in [-0.39, 0.29) is 6.54 Å². The minimum atomic E-state index is -2.29. The molecule has 0 aliphatic heterocycles. The summed E-state index contributed by atoms with van der Waals surface area (Å²) >= 11 is 0. The van der Waals surface area contributed by atoms with Gasteiger partial charge in [0, 0.05) is 19.3 Å². The fraction of sp³-hybridized carbons (Fsp3) is 0.778. The highest BCUT2D eigenvalue weighted by Gasteiger charge is 2.07. The van der Waals surface area contributed by atoms with Crippen LogP contribution >= 0.6 is 0 Å². The van der Waals surface area contributed by atoms with Gasteiger partial charge in [0.05, 0.1) is 18.8 Å². The van der Waals surface area contributed by atoms with Crippen molar-refractivity contribution in [3.8, 4) is 0 Å². The van der Waals surface area contributed by atoms with E-state index in [2.05, 4.69) is 15.6 Å². The van der Waals surface area contributed by atoms with Crippen molar-refractivity contribution in [2.75, 3.05) is 27.2 Å². The van der Waals surface area contributed by atoms with Crippen LogP contribution in [0.2, 0.25) is 0 Å². The van der Waals surface area contributed by atoms with Gasteiger partial charge >= 0.3 is 0 Å². The summed E-state index contributed by atoms with van der Waals surface area (Å²) in [6.07, 6.45) is -0.479. The Hall–Kier alpha value is -1.08. The molecule has 0 saturated heterocycles. The van der Waals surface area contributed by atoms with E-state index in [0.29, 0.717) is 19.6 Å². The average molecular weight is 233 g/mol. The zero-order chi connectivity index (χ0) is 12.0. The maximum atomic E-state index is 12.0. The van der Waals surface area contributed by atoms with Crippen molar-refractivity contribution in [2.24, 2.45) is 0 Å². The first-order valence-electron chi connectivity index (χ1n) is 5.12. The molecule has 7 heteroatoms. The molecule has 5 nitrogen and oxygen atoms in total. The monoisotopic (exact) mass is 233 g/mol. The van der Waals surface area contributed by atoms with Crippen molar-refractivity contribution in [1.82, 2.24) is 25.2 Å². The van der Waals surface area contributed by atoms with Crippen molar-refractivity contribution in [3.05, 3.63) is 11.9 Å². The lowest BCUT2D eigenvalue weighted by Crippen LogP contribution is -2.28. The second-order valence-corrected chi connectivity index (χ2v) is 3.66. The lowest BCUT2D eigenvalue weighted by Gasteiger charge is -2.15. The number of aromatic nitrogens is 3. The second kappa shape index (κ2) is 6.49. The summed E-state index contributed by atoms with van der Waals surface area (Å²) in [6.45, 7) is 1.55. The lowest BCUT2D eigenvalue weighted by molar-refractivity contribution is 0.0983. The highest BCUT2D eigenvalue weighted by molar-refractivity contribution is 4.90. The zero-order valence-corrected chi connectivity index (χ0v) is 9.53. The highest BCUT2D eigenvalue weighted by atomic mass is 19.3. The van der Waals surface area contributed by atoms with Crippen LogP contribution in [0.3, 0.4) is 0 Å². The van der Waals surface area contributed by atoms with Crippen LogP contribution in [-0.4, -0.2) is 53.5 Å². The minimum absolute atomic E-state index is 0.210. The van der Waals surface area contributed by atoms with Gasteiger partial charge in [-0.1, -0.05) is 5.21 Å². The molecule has 1 rings (SSSR count). The van der Waals surface area contributed by atoms with Gasteiger partial charge in [0.1, 0.15) is 0 Å². The second-order valence-electron chi connectivity index (χ2n) is 3.66. The number of nitrogens with zero attached hydrogens (tertiary/aromatic N) is 4. The van der Waals surface area contributed by atoms with Crippen LogP contribution in [0.5, 0.6) is 0 Å². The topological polar surface area (TPSA) is 46.0 Å². The summed E-state index contributed by atoms with van der Waals surface area (Å²) in [6, 6.07) is 0. The van der Waals surface area contributed by atoms with Gasteiger partial charge in [-0.2, -0.15) is 0 Å². The molecule has 1 aromatic heterocycles. The quantitative estimate of drug-likeness (QED) is 0.730.